The lowest BCUT2D eigenvalue weighted by Crippen LogP contribution is -2.35. The van der Waals surface area contributed by atoms with E-state index in [2.05, 4.69) is 46.0 Å². The number of nitrogens with two attached hydrogens (primary N) is 1. The van der Waals surface area contributed by atoms with E-state index in [-0.39, 0.29) is 0 Å². The van der Waals surface area contributed by atoms with E-state index in [1.54, 1.807) is 0 Å². The predicted octanol–water partition coefficient (Wildman–Crippen LogP) is 2.93. The Morgan fingerprint density at radius 3 is 2.65 bits per heavy atom. The van der Waals surface area contributed by atoms with Gasteiger partial charge < -0.3 is 5.73 Å². The number of nitrogens with zero attached hydrogens (tertiary/aromatic N) is 1. The molecule has 0 radical (unpaired) electrons. The minimum atomic E-state index is 0.743. The number of likely N-dealkylation sites (tertiary alicyclic amines) is 1. The van der Waals surface area contributed by atoms with Crippen LogP contribution in [0.2, 0.25) is 0 Å². The van der Waals surface area contributed by atoms with Crippen LogP contribution in [0.25, 0.3) is 0 Å². The van der Waals surface area contributed by atoms with Crippen LogP contribution in [0.3, 0.4) is 0 Å². The molecular weight excluding hydrogens is 276 g/mol. The third-order valence-electron chi connectivity index (χ3n) is 3.64. The number of hydrogen-bond acceptors (Lipinski definition) is 2. The van der Waals surface area contributed by atoms with Crippen molar-refractivity contribution in [2.75, 3.05) is 19.6 Å². The number of halogens is 1. The van der Waals surface area contributed by atoms with Crippen molar-refractivity contribution in [2.45, 2.75) is 26.3 Å². The minimum absolute atomic E-state index is 0.743. The van der Waals surface area contributed by atoms with E-state index in [0.29, 0.717) is 0 Å². The molecule has 0 bridgehead atoms. The van der Waals surface area contributed by atoms with Gasteiger partial charge in [0.05, 0.1) is 0 Å². The average molecular weight is 297 g/mol. The van der Waals surface area contributed by atoms with E-state index in [1.807, 2.05) is 0 Å². The van der Waals surface area contributed by atoms with Gasteiger partial charge in [0.1, 0.15) is 0 Å². The Labute approximate surface area is 112 Å². The first-order valence-electron chi connectivity index (χ1n) is 6.36. The minimum Gasteiger partial charge on any atom is -0.330 e. The highest BCUT2D eigenvalue weighted by molar-refractivity contribution is 9.10. The predicted molar refractivity (Wildman–Crippen MR) is 75.9 cm³/mol. The van der Waals surface area contributed by atoms with Crippen LogP contribution in [0, 0.1) is 12.8 Å². The van der Waals surface area contributed by atoms with Gasteiger partial charge in [-0.05, 0) is 62.5 Å². The van der Waals surface area contributed by atoms with Gasteiger partial charge >= 0.3 is 0 Å². The third kappa shape index (κ3) is 3.54. The highest BCUT2D eigenvalue weighted by atomic mass is 79.9. The zero-order valence-electron chi connectivity index (χ0n) is 10.5. The van der Waals surface area contributed by atoms with E-state index in [1.165, 1.54) is 41.5 Å². The summed E-state index contributed by atoms with van der Waals surface area (Å²) in [6.07, 6.45) is 2.50. The number of benzene rings is 1. The first-order chi connectivity index (χ1) is 8.19. The normalized spacial score (nSPS) is 18.5. The Morgan fingerprint density at radius 1 is 1.35 bits per heavy atom. The molecule has 2 N–H and O–H groups in total. The maximum absolute atomic E-state index is 5.72. The van der Waals surface area contributed by atoms with Gasteiger partial charge in [-0.15, -0.1) is 0 Å². The summed E-state index contributed by atoms with van der Waals surface area (Å²) in [5, 5.41) is 0. The lowest BCUT2D eigenvalue weighted by atomic mass is 9.97. The first-order valence-corrected chi connectivity index (χ1v) is 7.16. The van der Waals surface area contributed by atoms with Gasteiger partial charge in [-0.3, -0.25) is 4.90 Å². The SMILES string of the molecule is Cc1ccc(CN2CCC(CN)CC2)c(Br)c1. The number of piperidine rings is 1. The molecule has 0 amide bonds. The van der Waals surface area contributed by atoms with Gasteiger partial charge in [-0.25, -0.2) is 0 Å². The van der Waals surface area contributed by atoms with Gasteiger partial charge in [0.2, 0.25) is 0 Å². The molecule has 0 aromatic heterocycles. The zero-order valence-corrected chi connectivity index (χ0v) is 12.0. The van der Waals surface area contributed by atoms with E-state index in [4.69, 9.17) is 5.73 Å². The topological polar surface area (TPSA) is 29.3 Å². The highest BCUT2D eigenvalue weighted by Crippen LogP contribution is 2.23. The summed E-state index contributed by atoms with van der Waals surface area (Å²) in [6, 6.07) is 6.61. The second-order valence-corrected chi connectivity index (χ2v) is 5.90. The fourth-order valence-corrected chi connectivity index (χ4v) is 3.02. The quantitative estimate of drug-likeness (QED) is 0.929. The van der Waals surface area contributed by atoms with Crippen LogP contribution in [0.5, 0.6) is 0 Å². The van der Waals surface area contributed by atoms with Crippen molar-refractivity contribution in [1.82, 2.24) is 4.90 Å². The molecule has 94 valence electrons. The molecule has 1 aromatic carbocycles. The molecule has 0 atom stereocenters. The molecule has 0 aliphatic carbocycles. The standard InChI is InChI=1S/C14H21BrN2/c1-11-2-3-13(14(15)8-11)10-17-6-4-12(9-16)5-7-17/h2-3,8,12H,4-7,9-10,16H2,1H3. The number of aryl methyl sites for hydroxylation is 1. The van der Waals surface area contributed by atoms with Crippen LogP contribution < -0.4 is 5.73 Å². The van der Waals surface area contributed by atoms with Gasteiger partial charge in [-0.1, -0.05) is 28.1 Å². The average Bonchev–Trinajstić information content (AvgIpc) is 2.34. The second-order valence-electron chi connectivity index (χ2n) is 5.05. The Morgan fingerprint density at radius 2 is 2.06 bits per heavy atom. The van der Waals surface area contributed by atoms with Gasteiger partial charge in [0, 0.05) is 11.0 Å². The van der Waals surface area contributed by atoms with Crippen molar-refractivity contribution in [3.8, 4) is 0 Å². The summed E-state index contributed by atoms with van der Waals surface area (Å²) in [5.74, 6) is 0.743. The maximum Gasteiger partial charge on any atom is 0.0244 e. The summed E-state index contributed by atoms with van der Waals surface area (Å²) in [4.78, 5) is 2.53. The van der Waals surface area contributed by atoms with Crippen molar-refractivity contribution < 1.29 is 0 Å². The molecule has 2 rings (SSSR count). The van der Waals surface area contributed by atoms with Gasteiger partial charge in [-0.2, -0.15) is 0 Å². The van der Waals surface area contributed by atoms with E-state index < -0.39 is 0 Å². The smallest absolute Gasteiger partial charge is 0.0244 e. The molecule has 0 spiro atoms. The number of rotatable bonds is 3. The third-order valence-corrected chi connectivity index (χ3v) is 4.38. The summed E-state index contributed by atoms with van der Waals surface area (Å²) in [6.45, 7) is 6.39. The largest absolute Gasteiger partial charge is 0.330 e. The molecule has 1 fully saturated rings. The first kappa shape index (κ1) is 13.1. The van der Waals surface area contributed by atoms with Crippen LogP contribution in [-0.4, -0.2) is 24.5 Å². The Kier molecular flexibility index (Phi) is 4.60. The number of hydrogen-bond donors (Lipinski definition) is 1. The molecule has 1 heterocycles. The van der Waals surface area contributed by atoms with Gasteiger partial charge in [0.15, 0.2) is 0 Å². The summed E-state index contributed by atoms with van der Waals surface area (Å²) in [7, 11) is 0. The maximum atomic E-state index is 5.72. The molecule has 2 nitrogen and oxygen atoms in total. The fourth-order valence-electron chi connectivity index (χ4n) is 2.40. The Balaban J connectivity index is 1.93. The van der Waals surface area contributed by atoms with Crippen LogP contribution in [0.1, 0.15) is 24.0 Å². The molecule has 1 saturated heterocycles. The molecule has 1 aliphatic rings. The lowest BCUT2D eigenvalue weighted by molar-refractivity contribution is 0.180. The lowest BCUT2D eigenvalue weighted by Gasteiger charge is -2.31. The summed E-state index contributed by atoms with van der Waals surface area (Å²) >= 11 is 3.65. The van der Waals surface area contributed by atoms with Crippen molar-refractivity contribution >= 4 is 15.9 Å². The zero-order chi connectivity index (χ0) is 12.3. The van der Waals surface area contributed by atoms with Crippen LogP contribution in [0.4, 0.5) is 0 Å². The van der Waals surface area contributed by atoms with E-state index in [9.17, 15) is 0 Å². The van der Waals surface area contributed by atoms with E-state index in [0.717, 1.165) is 19.0 Å². The van der Waals surface area contributed by atoms with Crippen molar-refractivity contribution in [3.63, 3.8) is 0 Å². The van der Waals surface area contributed by atoms with Crippen molar-refractivity contribution in [3.05, 3.63) is 33.8 Å². The molecule has 1 aromatic rings. The van der Waals surface area contributed by atoms with Crippen LogP contribution in [-0.2, 0) is 6.54 Å². The Hall–Kier alpha value is -0.380. The molecule has 17 heavy (non-hydrogen) atoms. The molecular formula is C14H21BrN2. The Bertz CT molecular complexity index is 370. The van der Waals surface area contributed by atoms with Gasteiger partial charge in [0.25, 0.3) is 0 Å². The monoisotopic (exact) mass is 296 g/mol. The summed E-state index contributed by atoms with van der Waals surface area (Å²) < 4.78 is 1.23. The fraction of sp³-hybridized carbons (Fsp3) is 0.571. The summed E-state index contributed by atoms with van der Waals surface area (Å²) in [5.41, 5.74) is 8.41. The molecule has 0 unspecified atom stereocenters. The van der Waals surface area contributed by atoms with Crippen molar-refractivity contribution in [2.24, 2.45) is 11.7 Å². The van der Waals surface area contributed by atoms with Crippen LogP contribution in [0.15, 0.2) is 22.7 Å². The molecule has 0 saturated carbocycles. The highest BCUT2D eigenvalue weighted by Gasteiger charge is 2.18. The molecule has 1 aliphatic heterocycles. The van der Waals surface area contributed by atoms with E-state index >= 15 is 0 Å². The second kappa shape index (κ2) is 5.98. The van der Waals surface area contributed by atoms with Crippen molar-refractivity contribution in [1.29, 1.82) is 0 Å². The van der Waals surface area contributed by atoms with Crippen LogP contribution >= 0.6 is 15.9 Å². The molecule has 3 heteroatoms.